The number of nitrogens with one attached hydrogen (secondary N) is 1. The number of hydrogen-bond donors (Lipinski definition) is 1. The Kier molecular flexibility index (Phi) is 10.5. The average molecular weight is 519 g/mol. The molecule has 5 nitrogen and oxygen atoms in total. The van der Waals surface area contributed by atoms with Gasteiger partial charge in [0.25, 0.3) is 5.91 Å². The number of rotatable bonds is 12. The second-order valence-corrected chi connectivity index (χ2v) is 10.6. The number of carbonyl (C=O) groups is 2. The highest BCUT2D eigenvalue weighted by Crippen LogP contribution is 2.24. The summed E-state index contributed by atoms with van der Waals surface area (Å²) < 4.78 is 19.4. The van der Waals surface area contributed by atoms with Gasteiger partial charge in [-0.2, -0.15) is 0 Å². The number of benzene rings is 3. The van der Waals surface area contributed by atoms with E-state index < -0.39 is 6.04 Å². The molecule has 0 aliphatic rings. The molecular formula is C32H39FN2O3. The molecule has 202 valence electrons. The average Bonchev–Trinajstić information content (AvgIpc) is 2.90. The SMILES string of the molecule is CCCCNC(=O)[C@H](Cc1ccccc1)N(Cc1ccc(F)cc1)C(=O)COc1ccc(C(C)(C)C)cc1. The van der Waals surface area contributed by atoms with Gasteiger partial charge in [0.15, 0.2) is 6.61 Å². The smallest absolute Gasteiger partial charge is 0.261 e. The van der Waals surface area contributed by atoms with Gasteiger partial charge in [-0.05, 0) is 52.8 Å². The Labute approximate surface area is 226 Å². The number of ether oxygens (including phenoxy) is 1. The van der Waals surface area contributed by atoms with E-state index in [4.69, 9.17) is 4.74 Å². The van der Waals surface area contributed by atoms with Crippen molar-refractivity contribution in [2.45, 2.75) is 65.0 Å². The van der Waals surface area contributed by atoms with Crippen LogP contribution in [0.25, 0.3) is 0 Å². The largest absolute Gasteiger partial charge is 0.484 e. The van der Waals surface area contributed by atoms with E-state index in [-0.39, 0.29) is 36.2 Å². The summed E-state index contributed by atoms with van der Waals surface area (Å²) in [6.07, 6.45) is 2.15. The highest BCUT2D eigenvalue weighted by Gasteiger charge is 2.30. The summed E-state index contributed by atoms with van der Waals surface area (Å²) in [5, 5.41) is 2.99. The van der Waals surface area contributed by atoms with Gasteiger partial charge < -0.3 is 15.0 Å². The third-order valence-electron chi connectivity index (χ3n) is 6.45. The second kappa shape index (κ2) is 13.8. The highest BCUT2D eigenvalue weighted by molar-refractivity contribution is 5.88. The van der Waals surface area contributed by atoms with Crippen LogP contribution in [-0.4, -0.2) is 35.9 Å². The van der Waals surface area contributed by atoms with Crippen molar-refractivity contribution in [2.75, 3.05) is 13.2 Å². The van der Waals surface area contributed by atoms with E-state index in [9.17, 15) is 14.0 Å². The Morgan fingerprint density at radius 1 is 0.921 bits per heavy atom. The maximum Gasteiger partial charge on any atom is 0.261 e. The lowest BCUT2D eigenvalue weighted by Crippen LogP contribution is -2.51. The third-order valence-corrected chi connectivity index (χ3v) is 6.45. The fraction of sp³-hybridized carbons (Fsp3) is 0.375. The minimum absolute atomic E-state index is 0.0100. The molecule has 0 heterocycles. The van der Waals surface area contributed by atoms with Crippen LogP contribution in [0.2, 0.25) is 0 Å². The number of hydrogen-bond acceptors (Lipinski definition) is 3. The molecule has 3 aromatic carbocycles. The van der Waals surface area contributed by atoms with Crippen molar-refractivity contribution >= 4 is 11.8 Å². The van der Waals surface area contributed by atoms with Gasteiger partial charge in [-0.15, -0.1) is 0 Å². The molecule has 0 unspecified atom stereocenters. The summed E-state index contributed by atoms with van der Waals surface area (Å²) in [5.74, 6) is -0.306. The third kappa shape index (κ3) is 8.72. The van der Waals surface area contributed by atoms with Gasteiger partial charge in [0, 0.05) is 19.5 Å². The molecule has 3 aromatic rings. The molecule has 0 saturated heterocycles. The van der Waals surface area contributed by atoms with Crippen molar-refractivity contribution in [3.05, 3.63) is 101 Å². The van der Waals surface area contributed by atoms with E-state index in [0.717, 1.165) is 24.0 Å². The summed E-state index contributed by atoms with van der Waals surface area (Å²) >= 11 is 0. The molecule has 0 spiro atoms. The van der Waals surface area contributed by atoms with Crippen LogP contribution in [0.3, 0.4) is 0 Å². The van der Waals surface area contributed by atoms with E-state index in [1.54, 1.807) is 17.0 Å². The van der Waals surface area contributed by atoms with Gasteiger partial charge in [0.05, 0.1) is 0 Å². The highest BCUT2D eigenvalue weighted by atomic mass is 19.1. The maximum atomic E-state index is 13.6. The molecule has 1 atom stereocenters. The van der Waals surface area contributed by atoms with E-state index in [1.807, 2.05) is 54.6 Å². The first-order chi connectivity index (χ1) is 18.2. The zero-order valence-corrected chi connectivity index (χ0v) is 22.9. The minimum Gasteiger partial charge on any atom is -0.484 e. The molecule has 6 heteroatoms. The quantitative estimate of drug-likeness (QED) is 0.297. The summed E-state index contributed by atoms with van der Waals surface area (Å²) in [5.41, 5.74) is 2.85. The predicted molar refractivity (Wildman–Crippen MR) is 149 cm³/mol. The van der Waals surface area contributed by atoms with E-state index >= 15 is 0 Å². The Hall–Kier alpha value is -3.67. The van der Waals surface area contributed by atoms with Crippen LogP contribution in [0.15, 0.2) is 78.9 Å². The van der Waals surface area contributed by atoms with E-state index in [1.165, 1.54) is 17.7 Å². The Balaban J connectivity index is 1.85. The molecule has 1 N–H and O–H groups in total. The van der Waals surface area contributed by atoms with Crippen LogP contribution in [-0.2, 0) is 28.0 Å². The van der Waals surface area contributed by atoms with Crippen molar-refractivity contribution in [1.29, 1.82) is 0 Å². The molecule has 0 radical (unpaired) electrons. The number of carbonyl (C=O) groups excluding carboxylic acids is 2. The number of halogens is 1. The van der Waals surface area contributed by atoms with E-state index in [0.29, 0.717) is 18.7 Å². The summed E-state index contributed by atoms with van der Waals surface area (Å²) in [6.45, 7) is 8.95. The van der Waals surface area contributed by atoms with E-state index in [2.05, 4.69) is 33.0 Å². The van der Waals surface area contributed by atoms with Gasteiger partial charge in [0.2, 0.25) is 5.91 Å². The Morgan fingerprint density at radius 2 is 1.58 bits per heavy atom. The van der Waals surface area contributed by atoms with Crippen LogP contribution in [0.5, 0.6) is 5.75 Å². The lowest BCUT2D eigenvalue weighted by Gasteiger charge is -2.31. The topological polar surface area (TPSA) is 58.6 Å². The predicted octanol–water partition coefficient (Wildman–Crippen LogP) is 6.06. The fourth-order valence-corrected chi connectivity index (χ4v) is 4.13. The first-order valence-corrected chi connectivity index (χ1v) is 13.3. The van der Waals surface area contributed by atoms with Crippen molar-refractivity contribution in [1.82, 2.24) is 10.2 Å². The van der Waals surface area contributed by atoms with Gasteiger partial charge in [0.1, 0.15) is 17.6 Å². The van der Waals surface area contributed by atoms with Crippen LogP contribution in [0, 0.1) is 5.82 Å². The van der Waals surface area contributed by atoms with Gasteiger partial charge in [-0.25, -0.2) is 4.39 Å². The van der Waals surface area contributed by atoms with Crippen LogP contribution < -0.4 is 10.1 Å². The number of amides is 2. The lowest BCUT2D eigenvalue weighted by molar-refractivity contribution is -0.142. The normalized spacial score (nSPS) is 12.0. The molecule has 0 aromatic heterocycles. The zero-order chi connectivity index (χ0) is 27.5. The molecule has 38 heavy (non-hydrogen) atoms. The Morgan fingerprint density at radius 3 is 2.18 bits per heavy atom. The maximum absolute atomic E-state index is 13.6. The Bertz CT molecular complexity index is 1160. The van der Waals surface area contributed by atoms with Gasteiger partial charge in [-0.1, -0.05) is 88.7 Å². The van der Waals surface area contributed by atoms with Crippen molar-refractivity contribution in [3.63, 3.8) is 0 Å². The molecule has 0 bridgehead atoms. The van der Waals surface area contributed by atoms with Crippen LogP contribution in [0.1, 0.15) is 57.2 Å². The van der Waals surface area contributed by atoms with Crippen molar-refractivity contribution < 1.29 is 18.7 Å². The molecule has 2 amide bonds. The summed E-state index contributed by atoms with van der Waals surface area (Å²) in [6, 6.07) is 22.6. The lowest BCUT2D eigenvalue weighted by atomic mass is 9.87. The molecule has 0 fully saturated rings. The zero-order valence-electron chi connectivity index (χ0n) is 22.9. The monoisotopic (exact) mass is 518 g/mol. The molecule has 3 rings (SSSR count). The molecule has 0 saturated carbocycles. The van der Waals surface area contributed by atoms with Gasteiger partial charge in [-0.3, -0.25) is 9.59 Å². The van der Waals surface area contributed by atoms with Crippen LogP contribution in [0.4, 0.5) is 4.39 Å². The molecule has 0 aliphatic carbocycles. The molecular weight excluding hydrogens is 479 g/mol. The second-order valence-electron chi connectivity index (χ2n) is 10.6. The van der Waals surface area contributed by atoms with Gasteiger partial charge >= 0.3 is 0 Å². The first-order valence-electron chi connectivity index (χ1n) is 13.3. The summed E-state index contributed by atoms with van der Waals surface area (Å²) in [7, 11) is 0. The van der Waals surface area contributed by atoms with Crippen molar-refractivity contribution in [3.8, 4) is 5.75 Å². The van der Waals surface area contributed by atoms with Crippen molar-refractivity contribution in [2.24, 2.45) is 0 Å². The first kappa shape index (κ1) is 28.9. The molecule has 0 aliphatic heterocycles. The number of nitrogens with zero attached hydrogens (tertiary/aromatic N) is 1. The standard InChI is InChI=1S/C32H39FN2O3/c1-5-6-20-34-31(37)29(21-24-10-8-7-9-11-24)35(22-25-12-16-27(33)17-13-25)30(36)23-38-28-18-14-26(15-19-28)32(2,3)4/h7-19,29H,5-6,20-23H2,1-4H3,(H,34,37)/t29-/m0/s1. The summed E-state index contributed by atoms with van der Waals surface area (Å²) in [4.78, 5) is 28.6. The fourth-order valence-electron chi connectivity index (χ4n) is 4.13. The number of unbranched alkanes of at least 4 members (excludes halogenated alkanes) is 1. The minimum atomic E-state index is -0.751. The van der Waals surface area contributed by atoms with Crippen LogP contribution >= 0.6 is 0 Å².